The Kier molecular flexibility index (Phi) is 4.82. The van der Waals surface area contributed by atoms with Gasteiger partial charge in [-0.25, -0.2) is 4.79 Å². The van der Waals surface area contributed by atoms with Gasteiger partial charge in [0.05, 0.1) is 13.2 Å². The van der Waals surface area contributed by atoms with Gasteiger partial charge >= 0.3 is 17.7 Å². The van der Waals surface area contributed by atoms with Gasteiger partial charge in [0.15, 0.2) is 0 Å². The summed E-state index contributed by atoms with van der Waals surface area (Å²) in [5, 5.41) is 0. The van der Waals surface area contributed by atoms with E-state index in [1.807, 2.05) is 41.5 Å². The number of esters is 2. The van der Waals surface area contributed by atoms with E-state index in [2.05, 4.69) is 9.78 Å². The molecule has 1 heterocycles. The van der Waals surface area contributed by atoms with Crippen LogP contribution in [-0.4, -0.2) is 30.9 Å². The fourth-order valence-corrected chi connectivity index (χ4v) is 1.18. The lowest BCUT2D eigenvalue weighted by Crippen LogP contribution is -2.33. The zero-order valence-electron chi connectivity index (χ0n) is 13.1. The highest BCUT2D eigenvalue weighted by Crippen LogP contribution is 2.35. The Morgan fingerprint density at radius 2 is 1.35 bits per heavy atom. The Bertz CT molecular complexity index is 370. The highest BCUT2D eigenvalue weighted by atomic mass is 17.4. The zero-order chi connectivity index (χ0) is 15.6. The van der Waals surface area contributed by atoms with Crippen molar-refractivity contribution in [2.75, 3.05) is 13.2 Å². The smallest absolute Gasteiger partial charge is 0.373 e. The van der Waals surface area contributed by atoms with Gasteiger partial charge in [0, 0.05) is 0 Å². The molecule has 1 rings (SSSR count). The van der Waals surface area contributed by atoms with Crippen molar-refractivity contribution in [1.29, 1.82) is 0 Å². The van der Waals surface area contributed by atoms with Crippen LogP contribution in [0, 0.1) is 10.8 Å². The first-order valence-electron chi connectivity index (χ1n) is 6.63. The molecule has 0 radical (unpaired) electrons. The van der Waals surface area contributed by atoms with E-state index in [0.717, 1.165) is 0 Å². The van der Waals surface area contributed by atoms with E-state index in [9.17, 15) is 9.59 Å². The Hall–Kier alpha value is -1.14. The third-order valence-corrected chi connectivity index (χ3v) is 2.28. The predicted octanol–water partition coefficient (Wildman–Crippen LogP) is 2.21. The van der Waals surface area contributed by atoms with Crippen molar-refractivity contribution in [3.05, 3.63) is 0 Å². The van der Waals surface area contributed by atoms with E-state index < -0.39 is 17.7 Å². The van der Waals surface area contributed by atoms with Crippen molar-refractivity contribution in [3.63, 3.8) is 0 Å². The lowest BCUT2D eigenvalue weighted by molar-refractivity contribution is -0.160. The number of carbonyl (C=O) groups excluding carboxylic acids is 2. The predicted molar refractivity (Wildman–Crippen MR) is 70.3 cm³/mol. The number of rotatable bonds is 5. The molecule has 0 amide bonds. The summed E-state index contributed by atoms with van der Waals surface area (Å²) in [6.07, 6.45) is -0.300. The first kappa shape index (κ1) is 16.9. The Labute approximate surface area is 119 Å². The van der Waals surface area contributed by atoms with Crippen LogP contribution in [0.5, 0.6) is 0 Å². The van der Waals surface area contributed by atoms with Crippen molar-refractivity contribution < 1.29 is 28.8 Å². The molecule has 1 saturated heterocycles. The van der Waals surface area contributed by atoms with Crippen LogP contribution in [-0.2, 0) is 28.8 Å². The molecule has 0 saturated carbocycles. The van der Waals surface area contributed by atoms with Gasteiger partial charge in [-0.15, -0.1) is 0 Å². The Morgan fingerprint density at radius 3 is 1.75 bits per heavy atom. The van der Waals surface area contributed by atoms with Crippen LogP contribution in [0.2, 0.25) is 0 Å². The Morgan fingerprint density at radius 1 is 0.900 bits per heavy atom. The quantitative estimate of drug-likeness (QED) is 0.438. The molecule has 0 N–H and O–H groups in total. The van der Waals surface area contributed by atoms with Crippen LogP contribution in [0.4, 0.5) is 0 Å². The van der Waals surface area contributed by atoms with Gasteiger partial charge in [0.1, 0.15) is 6.42 Å². The largest absolute Gasteiger partial charge is 0.465 e. The average molecular weight is 288 g/mol. The SMILES string of the molecule is CC(C)(C)COC(=O)CC1(C(=O)OCC(C)(C)C)OO1. The lowest BCUT2D eigenvalue weighted by Gasteiger charge is -2.19. The third-order valence-electron chi connectivity index (χ3n) is 2.28. The second kappa shape index (κ2) is 5.69. The molecule has 0 aromatic rings. The summed E-state index contributed by atoms with van der Waals surface area (Å²) in [6, 6.07) is 0. The van der Waals surface area contributed by atoms with E-state index in [0.29, 0.717) is 0 Å². The average Bonchev–Trinajstić information content (AvgIpc) is 3.02. The molecule has 1 aliphatic heterocycles. The zero-order valence-corrected chi connectivity index (χ0v) is 13.1. The topological polar surface area (TPSA) is 77.7 Å². The van der Waals surface area contributed by atoms with E-state index in [-0.39, 0.29) is 30.5 Å². The van der Waals surface area contributed by atoms with E-state index in [1.165, 1.54) is 0 Å². The van der Waals surface area contributed by atoms with Gasteiger partial charge in [-0.05, 0) is 10.8 Å². The summed E-state index contributed by atoms with van der Waals surface area (Å²) in [5.74, 6) is -2.86. The van der Waals surface area contributed by atoms with Crippen molar-refractivity contribution >= 4 is 11.9 Å². The summed E-state index contributed by atoms with van der Waals surface area (Å²) < 4.78 is 10.2. The minimum Gasteiger partial charge on any atom is -0.465 e. The standard InChI is InChI=1S/C14H24O6/c1-12(2,3)8-17-10(15)7-14(19-20-14)11(16)18-9-13(4,5)6/h7-9H2,1-6H3. The van der Waals surface area contributed by atoms with E-state index in [4.69, 9.17) is 9.47 Å². The van der Waals surface area contributed by atoms with Crippen molar-refractivity contribution in [2.45, 2.75) is 53.8 Å². The van der Waals surface area contributed by atoms with Gasteiger partial charge in [-0.1, -0.05) is 41.5 Å². The summed E-state index contributed by atoms with van der Waals surface area (Å²) in [7, 11) is 0. The van der Waals surface area contributed by atoms with Gasteiger partial charge in [-0.2, -0.15) is 9.78 Å². The summed E-state index contributed by atoms with van der Waals surface area (Å²) >= 11 is 0. The van der Waals surface area contributed by atoms with Crippen molar-refractivity contribution in [3.8, 4) is 0 Å². The normalized spacial score (nSPS) is 17.5. The number of carbonyl (C=O) groups is 2. The number of hydrogen-bond acceptors (Lipinski definition) is 6. The maximum Gasteiger partial charge on any atom is 0.373 e. The summed E-state index contributed by atoms with van der Waals surface area (Å²) in [4.78, 5) is 32.8. The molecule has 0 aromatic heterocycles. The maximum absolute atomic E-state index is 11.8. The molecule has 6 heteroatoms. The Balaban J connectivity index is 2.42. The lowest BCUT2D eigenvalue weighted by atomic mass is 9.98. The second-order valence-electron chi connectivity index (χ2n) is 7.45. The molecular formula is C14H24O6. The molecule has 1 fully saturated rings. The summed E-state index contributed by atoms with van der Waals surface area (Å²) in [6.45, 7) is 12.1. The van der Waals surface area contributed by atoms with Gasteiger partial charge in [0.2, 0.25) is 0 Å². The molecule has 0 atom stereocenters. The molecule has 6 nitrogen and oxygen atoms in total. The molecule has 116 valence electrons. The second-order valence-corrected chi connectivity index (χ2v) is 7.45. The molecule has 0 unspecified atom stereocenters. The number of hydrogen-bond donors (Lipinski definition) is 0. The highest BCUT2D eigenvalue weighted by molar-refractivity contribution is 5.85. The molecule has 0 aliphatic carbocycles. The molecular weight excluding hydrogens is 264 g/mol. The molecule has 0 aromatic carbocycles. The van der Waals surface area contributed by atoms with Gasteiger partial charge < -0.3 is 9.47 Å². The molecule has 0 spiro atoms. The van der Waals surface area contributed by atoms with Crippen LogP contribution < -0.4 is 0 Å². The van der Waals surface area contributed by atoms with E-state index in [1.54, 1.807) is 0 Å². The van der Waals surface area contributed by atoms with Crippen LogP contribution in [0.15, 0.2) is 0 Å². The minimum absolute atomic E-state index is 0.138. The van der Waals surface area contributed by atoms with Crippen molar-refractivity contribution in [2.24, 2.45) is 10.8 Å². The highest BCUT2D eigenvalue weighted by Gasteiger charge is 2.60. The summed E-state index contributed by atoms with van der Waals surface area (Å²) in [5.41, 5.74) is -0.306. The fourth-order valence-electron chi connectivity index (χ4n) is 1.18. The fraction of sp³-hybridized carbons (Fsp3) is 0.857. The minimum atomic E-state index is -1.61. The van der Waals surface area contributed by atoms with Crippen molar-refractivity contribution in [1.82, 2.24) is 0 Å². The van der Waals surface area contributed by atoms with Gasteiger partial charge in [-0.3, -0.25) is 4.79 Å². The van der Waals surface area contributed by atoms with E-state index >= 15 is 0 Å². The molecule has 20 heavy (non-hydrogen) atoms. The monoisotopic (exact) mass is 288 g/mol. The molecule has 0 bridgehead atoms. The van der Waals surface area contributed by atoms with Crippen LogP contribution in [0.1, 0.15) is 48.0 Å². The first-order valence-corrected chi connectivity index (χ1v) is 6.63. The van der Waals surface area contributed by atoms with Crippen LogP contribution >= 0.6 is 0 Å². The number of ether oxygens (including phenoxy) is 2. The van der Waals surface area contributed by atoms with Gasteiger partial charge in [0.25, 0.3) is 0 Å². The molecule has 1 aliphatic rings. The maximum atomic E-state index is 11.8. The third kappa shape index (κ3) is 5.88. The van der Waals surface area contributed by atoms with Crippen LogP contribution in [0.25, 0.3) is 0 Å². The first-order chi connectivity index (χ1) is 8.94. The van der Waals surface area contributed by atoms with Crippen LogP contribution in [0.3, 0.4) is 0 Å².